The highest BCUT2D eigenvalue weighted by molar-refractivity contribution is 7.89. The smallest absolute Gasteiger partial charge is 0.339 e. The molecule has 0 saturated heterocycles. The highest BCUT2D eigenvalue weighted by Gasteiger charge is 2.28. The lowest BCUT2D eigenvalue weighted by atomic mass is 10.1. The molecule has 0 heterocycles. The molecule has 7 heteroatoms. The molecule has 1 saturated carbocycles. The van der Waals surface area contributed by atoms with E-state index in [1.165, 1.54) is 19.2 Å². The molecule has 2 rings (SSSR count). The van der Waals surface area contributed by atoms with Crippen molar-refractivity contribution in [3.8, 4) is 0 Å². The molecule has 1 aromatic rings. The number of aliphatic hydroxyl groups is 1. The van der Waals surface area contributed by atoms with Crippen molar-refractivity contribution in [2.45, 2.75) is 30.3 Å². The molecule has 1 aliphatic rings. The van der Waals surface area contributed by atoms with Crippen molar-refractivity contribution in [1.29, 1.82) is 0 Å². The molecule has 0 amide bonds. The molecule has 0 bridgehead atoms. The van der Waals surface area contributed by atoms with Crippen LogP contribution in [0.15, 0.2) is 29.2 Å². The average Bonchev–Trinajstić information content (AvgIpc) is 2.90. The second-order valence-electron chi connectivity index (χ2n) is 5.10. The monoisotopic (exact) mass is 313 g/mol. The van der Waals surface area contributed by atoms with E-state index in [9.17, 15) is 18.3 Å². The van der Waals surface area contributed by atoms with Crippen molar-refractivity contribution < 1.29 is 23.1 Å². The summed E-state index contributed by atoms with van der Waals surface area (Å²) in [7, 11) is -2.62. The van der Waals surface area contributed by atoms with Gasteiger partial charge in [-0.05, 0) is 30.9 Å². The van der Waals surface area contributed by atoms with Crippen LogP contribution in [0.5, 0.6) is 0 Å². The van der Waals surface area contributed by atoms with Gasteiger partial charge in [0.05, 0.1) is 23.7 Å². The van der Waals surface area contributed by atoms with Gasteiger partial charge in [0.25, 0.3) is 0 Å². The molecule has 2 N–H and O–H groups in total. The standard InChI is InChI=1S/C14H19NO5S/c1-20-14(17)11-6-2-3-8-13(11)21(18,19)15-9-10-5-4-7-12(10)16/h2-3,6,8,10,12,15-16H,4-5,7,9H2,1H3. The van der Waals surface area contributed by atoms with Crippen LogP contribution < -0.4 is 4.72 Å². The summed E-state index contributed by atoms with van der Waals surface area (Å²) in [6.07, 6.45) is 1.92. The maximum atomic E-state index is 12.3. The lowest BCUT2D eigenvalue weighted by Gasteiger charge is -2.16. The predicted molar refractivity (Wildman–Crippen MR) is 76.3 cm³/mol. The van der Waals surface area contributed by atoms with E-state index >= 15 is 0 Å². The first-order chi connectivity index (χ1) is 9.95. The first-order valence-corrected chi connectivity index (χ1v) is 8.29. The summed E-state index contributed by atoms with van der Waals surface area (Å²) < 4.78 is 31.7. The van der Waals surface area contributed by atoms with Gasteiger partial charge >= 0.3 is 5.97 Å². The summed E-state index contributed by atoms with van der Waals surface area (Å²) in [6, 6.07) is 5.89. The normalized spacial score (nSPS) is 22.2. The van der Waals surface area contributed by atoms with Crippen LogP contribution in [-0.2, 0) is 14.8 Å². The van der Waals surface area contributed by atoms with Gasteiger partial charge in [-0.2, -0.15) is 0 Å². The number of aliphatic hydroxyl groups excluding tert-OH is 1. The third kappa shape index (κ3) is 3.61. The number of carbonyl (C=O) groups is 1. The zero-order valence-electron chi connectivity index (χ0n) is 11.8. The molecule has 1 fully saturated rings. The van der Waals surface area contributed by atoms with E-state index in [1.807, 2.05) is 0 Å². The number of hydrogen-bond acceptors (Lipinski definition) is 5. The second kappa shape index (κ2) is 6.55. The molecule has 1 aromatic carbocycles. The summed E-state index contributed by atoms with van der Waals surface area (Å²) in [5, 5.41) is 9.73. The molecule has 0 aliphatic heterocycles. The number of ether oxygens (including phenoxy) is 1. The minimum absolute atomic E-state index is 0.000490. The summed E-state index contributed by atoms with van der Waals surface area (Å²) in [4.78, 5) is 11.5. The summed E-state index contributed by atoms with van der Waals surface area (Å²) in [5.74, 6) is -0.776. The fraction of sp³-hybridized carbons (Fsp3) is 0.500. The maximum absolute atomic E-state index is 12.3. The SMILES string of the molecule is COC(=O)c1ccccc1S(=O)(=O)NCC1CCCC1O. The Labute approximate surface area is 124 Å². The lowest BCUT2D eigenvalue weighted by molar-refractivity contribution is 0.0596. The quantitative estimate of drug-likeness (QED) is 0.788. The van der Waals surface area contributed by atoms with Gasteiger partial charge in [-0.25, -0.2) is 17.9 Å². The Balaban J connectivity index is 2.18. The third-order valence-corrected chi connectivity index (χ3v) is 5.22. The van der Waals surface area contributed by atoms with Crippen LogP contribution in [0.3, 0.4) is 0 Å². The van der Waals surface area contributed by atoms with Crippen molar-refractivity contribution in [3.05, 3.63) is 29.8 Å². The largest absolute Gasteiger partial charge is 0.465 e. The predicted octanol–water partition coefficient (Wildman–Crippen LogP) is 0.912. The van der Waals surface area contributed by atoms with Gasteiger partial charge < -0.3 is 9.84 Å². The number of rotatable bonds is 5. The molecular weight excluding hydrogens is 294 g/mol. The van der Waals surface area contributed by atoms with Crippen LogP contribution in [0.25, 0.3) is 0 Å². The number of nitrogens with one attached hydrogen (secondary N) is 1. The van der Waals surface area contributed by atoms with Gasteiger partial charge in [0, 0.05) is 6.54 Å². The van der Waals surface area contributed by atoms with Crippen molar-refractivity contribution in [2.24, 2.45) is 5.92 Å². The minimum atomic E-state index is -3.82. The van der Waals surface area contributed by atoms with Crippen LogP contribution in [0, 0.1) is 5.92 Å². The van der Waals surface area contributed by atoms with E-state index in [4.69, 9.17) is 0 Å². The Morgan fingerprint density at radius 2 is 2.10 bits per heavy atom. The number of sulfonamides is 1. The van der Waals surface area contributed by atoms with Gasteiger partial charge in [-0.3, -0.25) is 0 Å². The number of methoxy groups -OCH3 is 1. The zero-order valence-corrected chi connectivity index (χ0v) is 12.6. The lowest BCUT2D eigenvalue weighted by Crippen LogP contribution is -2.33. The third-order valence-electron chi connectivity index (χ3n) is 3.74. The van der Waals surface area contributed by atoms with Crippen molar-refractivity contribution in [1.82, 2.24) is 4.72 Å². The fourth-order valence-corrected chi connectivity index (χ4v) is 3.82. The molecular formula is C14H19NO5S. The summed E-state index contributed by atoms with van der Waals surface area (Å²) >= 11 is 0. The highest BCUT2D eigenvalue weighted by Crippen LogP contribution is 2.25. The molecule has 0 radical (unpaired) electrons. The van der Waals surface area contributed by atoms with Crippen LogP contribution >= 0.6 is 0 Å². The van der Waals surface area contributed by atoms with E-state index in [0.29, 0.717) is 6.42 Å². The number of hydrogen-bond donors (Lipinski definition) is 2. The number of esters is 1. The van der Waals surface area contributed by atoms with E-state index in [2.05, 4.69) is 9.46 Å². The van der Waals surface area contributed by atoms with Crippen LogP contribution in [0.1, 0.15) is 29.6 Å². The minimum Gasteiger partial charge on any atom is -0.465 e. The molecule has 2 atom stereocenters. The summed E-state index contributed by atoms with van der Waals surface area (Å²) in [6.45, 7) is 0.166. The van der Waals surface area contributed by atoms with Gasteiger partial charge in [0.15, 0.2) is 0 Å². The molecule has 2 unspecified atom stereocenters. The van der Waals surface area contributed by atoms with Crippen molar-refractivity contribution in [3.63, 3.8) is 0 Å². The summed E-state index contributed by atoms with van der Waals surface area (Å²) in [5.41, 5.74) is -0.000490. The van der Waals surface area contributed by atoms with Crippen LogP contribution in [-0.4, -0.2) is 39.3 Å². The van der Waals surface area contributed by atoms with E-state index in [-0.39, 0.29) is 22.9 Å². The molecule has 0 aromatic heterocycles. The Morgan fingerprint density at radius 1 is 1.38 bits per heavy atom. The highest BCUT2D eigenvalue weighted by atomic mass is 32.2. The topological polar surface area (TPSA) is 92.7 Å². The number of benzene rings is 1. The first kappa shape index (κ1) is 15.9. The average molecular weight is 313 g/mol. The zero-order chi connectivity index (χ0) is 15.5. The first-order valence-electron chi connectivity index (χ1n) is 6.81. The van der Waals surface area contributed by atoms with E-state index < -0.39 is 22.1 Å². The Hall–Kier alpha value is -1.44. The Bertz CT molecular complexity index is 614. The van der Waals surface area contributed by atoms with E-state index in [0.717, 1.165) is 12.8 Å². The van der Waals surface area contributed by atoms with Gasteiger partial charge in [0.1, 0.15) is 0 Å². The molecule has 116 valence electrons. The van der Waals surface area contributed by atoms with Gasteiger partial charge in [0.2, 0.25) is 10.0 Å². The van der Waals surface area contributed by atoms with Crippen LogP contribution in [0.2, 0.25) is 0 Å². The molecule has 1 aliphatic carbocycles. The van der Waals surface area contributed by atoms with Gasteiger partial charge in [-0.15, -0.1) is 0 Å². The fourth-order valence-electron chi connectivity index (χ4n) is 2.53. The molecule has 21 heavy (non-hydrogen) atoms. The molecule has 6 nitrogen and oxygen atoms in total. The van der Waals surface area contributed by atoms with Crippen LogP contribution in [0.4, 0.5) is 0 Å². The maximum Gasteiger partial charge on any atom is 0.339 e. The number of carbonyl (C=O) groups excluding carboxylic acids is 1. The van der Waals surface area contributed by atoms with Crippen molar-refractivity contribution >= 4 is 16.0 Å². The van der Waals surface area contributed by atoms with Gasteiger partial charge in [-0.1, -0.05) is 18.6 Å². The van der Waals surface area contributed by atoms with E-state index in [1.54, 1.807) is 12.1 Å². The molecule has 0 spiro atoms. The Morgan fingerprint density at radius 3 is 2.71 bits per heavy atom. The second-order valence-corrected chi connectivity index (χ2v) is 6.83. The Kier molecular flexibility index (Phi) is 4.97. The van der Waals surface area contributed by atoms with Crippen molar-refractivity contribution in [2.75, 3.05) is 13.7 Å².